The van der Waals surface area contributed by atoms with E-state index in [-0.39, 0.29) is 30.1 Å². The maximum atomic E-state index is 13.7. The summed E-state index contributed by atoms with van der Waals surface area (Å²) in [6, 6.07) is 11.7. The van der Waals surface area contributed by atoms with E-state index in [1.54, 1.807) is 41.3 Å². The summed E-state index contributed by atoms with van der Waals surface area (Å²) in [7, 11) is 0. The van der Waals surface area contributed by atoms with E-state index in [0.29, 0.717) is 48.9 Å². The average molecular weight is 597 g/mol. The minimum absolute atomic E-state index is 0.112. The molecule has 0 saturated carbocycles. The van der Waals surface area contributed by atoms with Crippen LogP contribution in [0.4, 0.5) is 29.6 Å². The van der Waals surface area contributed by atoms with Gasteiger partial charge < -0.3 is 25.8 Å². The van der Waals surface area contributed by atoms with Gasteiger partial charge in [-0.05, 0) is 68.7 Å². The lowest BCUT2D eigenvalue weighted by Gasteiger charge is -2.33. The van der Waals surface area contributed by atoms with Crippen LogP contribution >= 0.6 is 0 Å². The topological polar surface area (TPSA) is 133 Å². The SMILES string of the molecule is CC(C)(C)OC(=O)N1CCC(c2ccc(Nc3ncc(C(F)(F)F)c(C#Cc4ccccc4CC(N)=O)n3)c([OH2+])c2)CC1. The molecule has 0 radical (unpaired) electrons. The zero-order valence-electron chi connectivity index (χ0n) is 24.0. The van der Waals surface area contributed by atoms with Crippen LogP contribution in [-0.4, -0.2) is 50.7 Å². The Hall–Kier alpha value is -4.79. The van der Waals surface area contributed by atoms with Crippen molar-refractivity contribution in [2.75, 3.05) is 18.4 Å². The fourth-order valence-corrected chi connectivity index (χ4v) is 4.62. The van der Waals surface area contributed by atoms with E-state index in [1.807, 2.05) is 26.8 Å². The van der Waals surface area contributed by atoms with Crippen LogP contribution in [0.1, 0.15) is 67.5 Å². The highest BCUT2D eigenvalue weighted by Gasteiger charge is 2.35. The molecule has 3 aromatic rings. The summed E-state index contributed by atoms with van der Waals surface area (Å²) in [5.41, 5.74) is 5.10. The van der Waals surface area contributed by atoms with Crippen molar-refractivity contribution in [2.45, 2.75) is 57.7 Å². The second kappa shape index (κ2) is 12.6. The van der Waals surface area contributed by atoms with Crippen molar-refractivity contribution in [3.63, 3.8) is 0 Å². The highest BCUT2D eigenvalue weighted by Crippen LogP contribution is 2.35. The number of piperidine rings is 1. The molecule has 0 bridgehead atoms. The molecule has 0 aliphatic carbocycles. The third-order valence-electron chi connectivity index (χ3n) is 6.70. The number of rotatable bonds is 5. The third kappa shape index (κ3) is 8.38. The summed E-state index contributed by atoms with van der Waals surface area (Å²) in [5, 5.41) is 11.3. The van der Waals surface area contributed by atoms with Gasteiger partial charge in [0, 0.05) is 30.9 Å². The van der Waals surface area contributed by atoms with Crippen LogP contribution in [0, 0.1) is 11.8 Å². The predicted molar refractivity (Wildman–Crippen MR) is 155 cm³/mol. The molecule has 2 heterocycles. The van der Waals surface area contributed by atoms with E-state index in [4.69, 9.17) is 15.6 Å². The number of nitrogens with two attached hydrogens (primary N) is 1. The summed E-state index contributed by atoms with van der Waals surface area (Å²) in [6.45, 7) is 6.52. The van der Waals surface area contributed by atoms with Gasteiger partial charge in [-0.3, -0.25) is 4.79 Å². The number of anilines is 2. The van der Waals surface area contributed by atoms with Crippen LogP contribution in [0.5, 0.6) is 5.75 Å². The number of nitrogens with one attached hydrogen (secondary N) is 1. The molecule has 5 N–H and O–H groups in total. The molecule has 1 aromatic heterocycles. The molecule has 9 nitrogen and oxygen atoms in total. The molecule has 226 valence electrons. The molecule has 1 aliphatic heterocycles. The fraction of sp³-hybridized carbons (Fsp3) is 0.355. The quantitative estimate of drug-likeness (QED) is 0.307. The van der Waals surface area contributed by atoms with E-state index in [2.05, 4.69) is 27.1 Å². The highest BCUT2D eigenvalue weighted by atomic mass is 19.4. The molecular formula is C31H33F3N5O4+. The lowest BCUT2D eigenvalue weighted by atomic mass is 9.89. The Bertz CT molecular complexity index is 1570. The summed E-state index contributed by atoms with van der Waals surface area (Å²) in [4.78, 5) is 33.2. The number of hydrogen-bond acceptors (Lipinski definition) is 6. The van der Waals surface area contributed by atoms with E-state index in [1.165, 1.54) is 0 Å². The molecule has 0 spiro atoms. The Morgan fingerprint density at radius 1 is 1.12 bits per heavy atom. The van der Waals surface area contributed by atoms with Crippen LogP contribution in [-0.2, 0) is 22.1 Å². The summed E-state index contributed by atoms with van der Waals surface area (Å²) in [5.74, 6) is 4.64. The van der Waals surface area contributed by atoms with E-state index in [0.717, 1.165) is 5.56 Å². The van der Waals surface area contributed by atoms with Gasteiger partial charge in [0.25, 0.3) is 5.75 Å². The number of carbonyl (C=O) groups excluding carboxylic acids is 2. The van der Waals surface area contributed by atoms with Gasteiger partial charge in [0.1, 0.15) is 22.5 Å². The van der Waals surface area contributed by atoms with Crippen molar-refractivity contribution in [2.24, 2.45) is 5.73 Å². The van der Waals surface area contributed by atoms with Gasteiger partial charge in [0.15, 0.2) is 0 Å². The molecule has 0 atom stereocenters. The molecule has 2 aromatic carbocycles. The second-order valence-corrected chi connectivity index (χ2v) is 11.2. The minimum atomic E-state index is -4.75. The zero-order chi connectivity index (χ0) is 31.4. The molecule has 43 heavy (non-hydrogen) atoms. The van der Waals surface area contributed by atoms with Gasteiger partial charge in [-0.2, -0.15) is 13.2 Å². The lowest BCUT2D eigenvalue weighted by Crippen LogP contribution is -2.41. The van der Waals surface area contributed by atoms with Gasteiger partial charge in [0.2, 0.25) is 11.9 Å². The minimum Gasteiger partial charge on any atom is -0.592 e. The van der Waals surface area contributed by atoms with E-state index in [9.17, 15) is 22.8 Å². The van der Waals surface area contributed by atoms with Crippen molar-refractivity contribution >= 4 is 23.6 Å². The summed E-state index contributed by atoms with van der Waals surface area (Å²) >= 11 is 0. The van der Waals surface area contributed by atoms with Crippen molar-refractivity contribution < 1.29 is 32.6 Å². The number of nitrogens with zero attached hydrogens (tertiary/aromatic N) is 3. The first-order valence-corrected chi connectivity index (χ1v) is 13.6. The standard InChI is InChI=1S/C31H32F3N5O4/c1-30(2,3)43-29(42)39-14-12-20(13-15-39)22-9-11-25(26(40)16-22)38-28-36-18-23(31(32,33)34)24(37-28)10-8-19-6-4-5-7-21(19)17-27(35)41/h4-7,9,11,16,18,20,40H,12-15,17H2,1-3H3,(H2,35,41)(H,36,37,38)/p+1. The van der Waals surface area contributed by atoms with Crippen LogP contribution < -0.4 is 11.1 Å². The molecule has 12 heteroatoms. The van der Waals surface area contributed by atoms with Gasteiger partial charge in [0.05, 0.1) is 6.42 Å². The maximum Gasteiger partial charge on any atom is 0.420 e. The fourth-order valence-electron chi connectivity index (χ4n) is 4.62. The van der Waals surface area contributed by atoms with Crippen LogP contribution in [0.2, 0.25) is 0 Å². The summed E-state index contributed by atoms with van der Waals surface area (Å²) in [6.07, 6.45) is -3.15. The van der Waals surface area contributed by atoms with Gasteiger partial charge in [-0.15, -0.1) is 0 Å². The second-order valence-electron chi connectivity index (χ2n) is 11.2. The zero-order valence-corrected chi connectivity index (χ0v) is 24.0. The average Bonchev–Trinajstić information content (AvgIpc) is 2.92. The number of hydrogen-bond donors (Lipinski definition) is 2. The number of likely N-dealkylation sites (tertiary alicyclic amines) is 1. The molecular weight excluding hydrogens is 563 g/mol. The number of aromatic nitrogens is 2. The van der Waals surface area contributed by atoms with Crippen LogP contribution in [0.25, 0.3) is 0 Å². The third-order valence-corrected chi connectivity index (χ3v) is 6.70. The summed E-state index contributed by atoms with van der Waals surface area (Å²) < 4.78 is 46.6. The first-order chi connectivity index (χ1) is 20.2. The van der Waals surface area contributed by atoms with E-state index >= 15 is 0 Å². The molecule has 1 fully saturated rings. The van der Waals surface area contributed by atoms with Crippen LogP contribution in [0.15, 0.2) is 48.7 Å². The molecule has 1 saturated heterocycles. The van der Waals surface area contributed by atoms with Crippen LogP contribution in [0.3, 0.4) is 0 Å². The maximum absolute atomic E-state index is 13.7. The molecule has 2 amide bonds. The van der Waals surface area contributed by atoms with Crippen molar-refractivity contribution in [1.29, 1.82) is 0 Å². The molecule has 0 unspecified atom stereocenters. The van der Waals surface area contributed by atoms with Crippen molar-refractivity contribution in [3.05, 3.63) is 76.6 Å². The van der Waals surface area contributed by atoms with Gasteiger partial charge >= 0.3 is 12.3 Å². The van der Waals surface area contributed by atoms with Crippen molar-refractivity contribution in [3.8, 4) is 17.6 Å². The smallest absolute Gasteiger partial charge is 0.420 e. The lowest BCUT2D eigenvalue weighted by molar-refractivity contribution is -0.138. The highest BCUT2D eigenvalue weighted by molar-refractivity contribution is 5.77. The first-order valence-electron chi connectivity index (χ1n) is 13.6. The Kier molecular flexibility index (Phi) is 9.13. The van der Waals surface area contributed by atoms with Gasteiger partial charge in [-0.25, -0.2) is 14.8 Å². The predicted octanol–water partition coefficient (Wildman–Crippen LogP) is 5.22. The molecule has 1 aliphatic rings. The number of ether oxygens (including phenoxy) is 1. The molecule has 4 rings (SSSR count). The van der Waals surface area contributed by atoms with E-state index < -0.39 is 28.9 Å². The normalized spacial score (nSPS) is 14.0. The number of alkyl halides is 3. The monoisotopic (exact) mass is 596 g/mol. The number of halogens is 3. The number of carbonyl (C=O) groups is 2. The first kappa shape index (κ1) is 31.2. The number of amides is 2. The van der Waals surface area contributed by atoms with Gasteiger partial charge in [-0.1, -0.05) is 30.2 Å². The van der Waals surface area contributed by atoms with Crippen molar-refractivity contribution in [1.82, 2.24) is 14.9 Å². The number of benzene rings is 2. The largest absolute Gasteiger partial charge is 0.592 e. The Morgan fingerprint density at radius 3 is 2.44 bits per heavy atom. The Balaban J connectivity index is 1.51. The Labute approximate surface area is 247 Å². The Morgan fingerprint density at radius 2 is 1.81 bits per heavy atom. The number of primary amides is 1.